The fourth-order valence-electron chi connectivity index (χ4n) is 3.74. The number of nitrogens with zero attached hydrogens (tertiary/aromatic N) is 4. The summed E-state index contributed by atoms with van der Waals surface area (Å²) >= 11 is 0. The Hall–Kier alpha value is -2.21. The van der Waals surface area contributed by atoms with Crippen LogP contribution in [0.1, 0.15) is 18.5 Å². The van der Waals surface area contributed by atoms with Gasteiger partial charge in [-0.2, -0.15) is 0 Å². The van der Waals surface area contributed by atoms with Crippen molar-refractivity contribution in [1.29, 1.82) is 0 Å². The van der Waals surface area contributed by atoms with Crippen molar-refractivity contribution in [2.75, 3.05) is 31.1 Å². The number of rotatable bonds is 3. The highest BCUT2D eigenvalue weighted by Gasteiger charge is 2.31. The third kappa shape index (κ3) is 2.74. The number of anilines is 1. The van der Waals surface area contributed by atoms with Crippen molar-refractivity contribution >= 4 is 22.8 Å². The average Bonchev–Trinajstić information content (AvgIpc) is 3.01. The van der Waals surface area contributed by atoms with Crippen LogP contribution in [0.4, 0.5) is 5.95 Å². The lowest BCUT2D eigenvalue weighted by Gasteiger charge is -2.37. The van der Waals surface area contributed by atoms with Crippen LogP contribution in [0.2, 0.25) is 0 Å². The summed E-state index contributed by atoms with van der Waals surface area (Å²) in [4.78, 5) is 25.6. The van der Waals surface area contributed by atoms with Crippen molar-refractivity contribution in [2.24, 2.45) is 5.73 Å². The van der Waals surface area contributed by atoms with Gasteiger partial charge in [-0.25, -0.2) is 9.97 Å². The van der Waals surface area contributed by atoms with Crippen molar-refractivity contribution in [3.63, 3.8) is 0 Å². The van der Waals surface area contributed by atoms with E-state index in [0.29, 0.717) is 6.04 Å². The van der Waals surface area contributed by atoms with Crippen molar-refractivity contribution < 1.29 is 4.79 Å². The van der Waals surface area contributed by atoms with Crippen LogP contribution in [0, 0.1) is 0 Å². The standard InChI is InChI=1S/C17H21N5O/c18-16(23)10-15-13-5-1-2-6-14(13)19-17(20-15)22-9-8-21-7-3-4-12(21)11-22/h1-2,5-6,12H,3-4,7-11H2,(H2,18,23)/t12-/m0/s1. The summed E-state index contributed by atoms with van der Waals surface area (Å²) < 4.78 is 0. The number of fused-ring (bicyclic) bond motifs is 2. The minimum Gasteiger partial charge on any atom is -0.369 e. The van der Waals surface area contributed by atoms with Crippen LogP contribution in [0.15, 0.2) is 24.3 Å². The zero-order chi connectivity index (χ0) is 15.8. The van der Waals surface area contributed by atoms with E-state index in [2.05, 4.69) is 14.8 Å². The SMILES string of the molecule is NC(=O)Cc1nc(N2CCN3CCC[C@H]3C2)nc2ccccc12. The minimum atomic E-state index is -0.361. The molecule has 1 aromatic carbocycles. The Morgan fingerprint density at radius 2 is 2.09 bits per heavy atom. The maximum absolute atomic E-state index is 11.4. The molecule has 2 saturated heterocycles. The van der Waals surface area contributed by atoms with Gasteiger partial charge in [0.15, 0.2) is 0 Å². The Bertz CT molecular complexity index is 747. The Balaban J connectivity index is 1.70. The molecular weight excluding hydrogens is 290 g/mol. The van der Waals surface area contributed by atoms with E-state index in [0.717, 1.165) is 42.2 Å². The van der Waals surface area contributed by atoms with E-state index in [1.54, 1.807) is 0 Å². The third-order valence-corrected chi connectivity index (χ3v) is 4.88. The summed E-state index contributed by atoms with van der Waals surface area (Å²) in [7, 11) is 0. The molecule has 4 rings (SSSR count). The second-order valence-corrected chi connectivity index (χ2v) is 6.41. The second kappa shape index (κ2) is 5.77. The van der Waals surface area contributed by atoms with E-state index >= 15 is 0 Å². The molecule has 6 nitrogen and oxygen atoms in total. The van der Waals surface area contributed by atoms with Gasteiger partial charge in [0.05, 0.1) is 17.6 Å². The highest BCUT2D eigenvalue weighted by molar-refractivity contribution is 5.87. The molecule has 1 atom stereocenters. The summed E-state index contributed by atoms with van der Waals surface area (Å²) in [6, 6.07) is 8.43. The molecule has 2 aromatic rings. The number of hydrogen-bond acceptors (Lipinski definition) is 5. The van der Waals surface area contributed by atoms with Gasteiger partial charge in [0.2, 0.25) is 11.9 Å². The Kier molecular flexibility index (Phi) is 3.61. The molecule has 0 radical (unpaired) electrons. The van der Waals surface area contributed by atoms with E-state index in [1.807, 2.05) is 24.3 Å². The summed E-state index contributed by atoms with van der Waals surface area (Å²) in [6.45, 7) is 4.18. The molecule has 0 bridgehead atoms. The molecule has 6 heteroatoms. The fourth-order valence-corrected chi connectivity index (χ4v) is 3.74. The average molecular weight is 311 g/mol. The quantitative estimate of drug-likeness (QED) is 0.913. The number of hydrogen-bond donors (Lipinski definition) is 1. The molecule has 23 heavy (non-hydrogen) atoms. The predicted molar refractivity (Wildman–Crippen MR) is 89.2 cm³/mol. The highest BCUT2D eigenvalue weighted by Crippen LogP contribution is 2.25. The molecule has 2 aliphatic rings. The Morgan fingerprint density at radius 1 is 1.22 bits per heavy atom. The first-order valence-corrected chi connectivity index (χ1v) is 8.23. The molecule has 2 fully saturated rings. The van der Waals surface area contributed by atoms with Crippen LogP contribution in [0.25, 0.3) is 10.9 Å². The number of carbonyl (C=O) groups is 1. The highest BCUT2D eigenvalue weighted by atomic mass is 16.1. The first-order valence-electron chi connectivity index (χ1n) is 8.23. The van der Waals surface area contributed by atoms with E-state index in [9.17, 15) is 4.79 Å². The van der Waals surface area contributed by atoms with Gasteiger partial charge >= 0.3 is 0 Å². The number of nitrogens with two attached hydrogens (primary N) is 1. The van der Waals surface area contributed by atoms with Gasteiger partial charge in [-0.1, -0.05) is 18.2 Å². The summed E-state index contributed by atoms with van der Waals surface area (Å²) in [5.41, 5.74) is 7.00. The van der Waals surface area contributed by atoms with Crippen molar-refractivity contribution in [2.45, 2.75) is 25.3 Å². The smallest absolute Gasteiger partial charge is 0.226 e. The monoisotopic (exact) mass is 311 g/mol. The topological polar surface area (TPSA) is 75.4 Å². The van der Waals surface area contributed by atoms with E-state index in [-0.39, 0.29) is 12.3 Å². The first-order chi connectivity index (χ1) is 11.2. The van der Waals surface area contributed by atoms with Gasteiger partial charge in [-0.15, -0.1) is 0 Å². The summed E-state index contributed by atoms with van der Waals surface area (Å²) in [6.07, 6.45) is 2.68. The maximum Gasteiger partial charge on any atom is 0.226 e. The molecule has 0 spiro atoms. The number of piperazine rings is 1. The van der Waals surface area contributed by atoms with Gasteiger partial charge in [-0.3, -0.25) is 9.69 Å². The fraction of sp³-hybridized carbons (Fsp3) is 0.471. The van der Waals surface area contributed by atoms with E-state index in [4.69, 9.17) is 10.7 Å². The second-order valence-electron chi connectivity index (χ2n) is 6.41. The van der Waals surface area contributed by atoms with Crippen molar-refractivity contribution in [3.05, 3.63) is 30.0 Å². The Labute approximate surface area is 135 Å². The number of primary amides is 1. The predicted octanol–water partition coefficient (Wildman–Crippen LogP) is 0.942. The van der Waals surface area contributed by atoms with Crippen LogP contribution >= 0.6 is 0 Å². The molecule has 3 heterocycles. The molecule has 0 aliphatic carbocycles. The number of aromatic nitrogens is 2. The third-order valence-electron chi connectivity index (χ3n) is 4.88. The maximum atomic E-state index is 11.4. The Morgan fingerprint density at radius 3 is 2.96 bits per heavy atom. The molecule has 1 aromatic heterocycles. The summed E-state index contributed by atoms with van der Waals surface area (Å²) in [5, 5.41) is 0.912. The van der Waals surface area contributed by atoms with Crippen molar-refractivity contribution in [1.82, 2.24) is 14.9 Å². The number of amides is 1. The molecule has 2 aliphatic heterocycles. The molecule has 0 unspecified atom stereocenters. The number of benzene rings is 1. The normalized spacial score (nSPS) is 21.6. The lowest BCUT2D eigenvalue weighted by molar-refractivity contribution is -0.117. The zero-order valence-corrected chi connectivity index (χ0v) is 13.1. The van der Waals surface area contributed by atoms with Gasteiger partial charge < -0.3 is 10.6 Å². The molecule has 120 valence electrons. The van der Waals surface area contributed by atoms with Gasteiger partial charge in [0.25, 0.3) is 0 Å². The molecular formula is C17H21N5O. The zero-order valence-electron chi connectivity index (χ0n) is 13.1. The van der Waals surface area contributed by atoms with E-state index < -0.39 is 0 Å². The summed E-state index contributed by atoms with van der Waals surface area (Å²) in [5.74, 6) is 0.368. The molecule has 0 saturated carbocycles. The van der Waals surface area contributed by atoms with Gasteiger partial charge in [0, 0.05) is 31.1 Å². The van der Waals surface area contributed by atoms with Crippen LogP contribution < -0.4 is 10.6 Å². The largest absolute Gasteiger partial charge is 0.369 e. The van der Waals surface area contributed by atoms with Crippen molar-refractivity contribution in [3.8, 4) is 0 Å². The lowest BCUT2D eigenvalue weighted by Crippen LogP contribution is -2.50. The molecule has 2 N–H and O–H groups in total. The number of para-hydroxylation sites is 1. The molecule has 1 amide bonds. The van der Waals surface area contributed by atoms with Gasteiger partial charge in [0.1, 0.15) is 0 Å². The van der Waals surface area contributed by atoms with Crippen LogP contribution in [0.5, 0.6) is 0 Å². The van der Waals surface area contributed by atoms with Crippen LogP contribution in [-0.4, -0.2) is 53.0 Å². The van der Waals surface area contributed by atoms with Gasteiger partial charge in [-0.05, 0) is 25.5 Å². The van der Waals surface area contributed by atoms with Crippen LogP contribution in [-0.2, 0) is 11.2 Å². The number of carbonyl (C=O) groups excluding carboxylic acids is 1. The first kappa shape index (κ1) is 14.4. The van der Waals surface area contributed by atoms with E-state index in [1.165, 1.54) is 19.4 Å². The minimum absolute atomic E-state index is 0.152. The van der Waals surface area contributed by atoms with Crippen LogP contribution in [0.3, 0.4) is 0 Å². The lowest BCUT2D eigenvalue weighted by atomic mass is 10.1.